The summed E-state index contributed by atoms with van der Waals surface area (Å²) in [5.74, 6) is -0.642. The van der Waals surface area contributed by atoms with Gasteiger partial charge in [0.15, 0.2) is 9.84 Å². The van der Waals surface area contributed by atoms with Crippen molar-refractivity contribution in [3.8, 4) is 0 Å². The van der Waals surface area contributed by atoms with Gasteiger partial charge in [0.25, 0.3) is 5.91 Å². The van der Waals surface area contributed by atoms with Crippen LogP contribution in [0.3, 0.4) is 0 Å². The van der Waals surface area contributed by atoms with Gasteiger partial charge < -0.3 is 0 Å². The molecule has 0 aromatic heterocycles. The predicted octanol–water partition coefficient (Wildman–Crippen LogP) is 2.17. The van der Waals surface area contributed by atoms with Crippen LogP contribution in [-0.4, -0.2) is 51.6 Å². The van der Waals surface area contributed by atoms with E-state index in [0.717, 1.165) is 19.3 Å². The van der Waals surface area contributed by atoms with Gasteiger partial charge in [-0.15, -0.1) is 0 Å². The first-order valence-electron chi connectivity index (χ1n) is 10.1. The molecule has 0 saturated carbocycles. The zero-order valence-corrected chi connectivity index (χ0v) is 18.5. The van der Waals surface area contributed by atoms with Crippen LogP contribution in [0.2, 0.25) is 0 Å². The van der Waals surface area contributed by atoms with Crippen LogP contribution in [0.5, 0.6) is 0 Å². The monoisotopic (exact) mass is 461 g/mol. The van der Waals surface area contributed by atoms with Gasteiger partial charge in [0, 0.05) is 30.6 Å². The van der Waals surface area contributed by atoms with Crippen LogP contribution < -0.4 is 5.43 Å². The zero-order chi connectivity index (χ0) is 22.1. The van der Waals surface area contributed by atoms with Crippen LogP contribution >= 0.6 is 0 Å². The third-order valence-corrected chi connectivity index (χ3v) is 9.14. The van der Waals surface area contributed by atoms with Crippen molar-refractivity contribution in [2.24, 2.45) is 5.10 Å². The number of hydrazone groups is 1. The molecule has 2 aliphatic heterocycles. The van der Waals surface area contributed by atoms with Gasteiger partial charge in [-0.1, -0.05) is 30.7 Å². The van der Waals surface area contributed by atoms with Gasteiger partial charge in [-0.2, -0.15) is 9.41 Å². The normalized spacial score (nSPS) is 20.2. The molecule has 0 bridgehead atoms. The molecule has 0 spiro atoms. The van der Waals surface area contributed by atoms with Gasteiger partial charge in [-0.25, -0.2) is 22.3 Å². The highest BCUT2D eigenvalue weighted by molar-refractivity contribution is 7.91. The fourth-order valence-electron chi connectivity index (χ4n) is 3.80. The molecule has 2 aromatic carbocycles. The minimum atomic E-state index is -3.66. The van der Waals surface area contributed by atoms with E-state index in [9.17, 15) is 21.6 Å². The predicted molar refractivity (Wildman–Crippen MR) is 116 cm³/mol. The molecular formula is C21H23N3O5S2. The van der Waals surface area contributed by atoms with Gasteiger partial charge in [0.05, 0.1) is 21.3 Å². The summed E-state index contributed by atoms with van der Waals surface area (Å²) in [5, 5.41) is 4.14. The topological polar surface area (TPSA) is 113 Å². The Hall–Kier alpha value is -2.56. The van der Waals surface area contributed by atoms with Crippen LogP contribution in [0.15, 0.2) is 63.4 Å². The van der Waals surface area contributed by atoms with Crippen LogP contribution in [0.25, 0.3) is 0 Å². The second kappa shape index (κ2) is 8.52. The number of hydrogen-bond acceptors (Lipinski definition) is 6. The molecule has 0 aliphatic carbocycles. The van der Waals surface area contributed by atoms with Crippen LogP contribution in [0.4, 0.5) is 0 Å². The maximum Gasteiger partial charge on any atom is 0.271 e. The van der Waals surface area contributed by atoms with Crippen molar-refractivity contribution >= 4 is 31.5 Å². The number of sulfone groups is 1. The van der Waals surface area contributed by atoms with E-state index in [-0.39, 0.29) is 27.5 Å². The summed E-state index contributed by atoms with van der Waals surface area (Å²) < 4.78 is 51.7. The number of carbonyl (C=O) groups is 1. The lowest BCUT2D eigenvalue weighted by atomic mass is 10.1. The van der Waals surface area contributed by atoms with Crippen LogP contribution in [0.1, 0.15) is 41.6 Å². The van der Waals surface area contributed by atoms with Crippen molar-refractivity contribution in [1.29, 1.82) is 0 Å². The third-order valence-electron chi connectivity index (χ3n) is 5.48. The molecule has 2 aliphatic rings. The SMILES string of the molecule is O=C(N/N=C1\CCS(=O)(=O)c2ccccc21)c1cccc(S(=O)(=O)N2CCCCC2)c1. The van der Waals surface area contributed by atoms with Crippen molar-refractivity contribution in [2.75, 3.05) is 18.8 Å². The Morgan fingerprint density at radius 2 is 1.74 bits per heavy atom. The van der Waals surface area contributed by atoms with Crippen LogP contribution in [0, 0.1) is 0 Å². The number of benzene rings is 2. The summed E-state index contributed by atoms with van der Waals surface area (Å²) in [7, 11) is -7.02. The summed E-state index contributed by atoms with van der Waals surface area (Å²) in [4.78, 5) is 12.9. The molecule has 1 amide bonds. The van der Waals surface area contributed by atoms with Crippen molar-refractivity contribution in [3.05, 3.63) is 59.7 Å². The van der Waals surface area contributed by atoms with Gasteiger partial charge in [-0.3, -0.25) is 4.79 Å². The first-order chi connectivity index (χ1) is 14.8. The molecule has 1 fully saturated rings. The second-order valence-corrected chi connectivity index (χ2v) is 11.6. The highest BCUT2D eigenvalue weighted by atomic mass is 32.2. The fraction of sp³-hybridized carbons (Fsp3) is 0.333. The highest BCUT2D eigenvalue weighted by Gasteiger charge is 2.28. The van der Waals surface area contributed by atoms with E-state index >= 15 is 0 Å². The first-order valence-corrected chi connectivity index (χ1v) is 13.2. The number of amides is 1. The molecule has 1 N–H and O–H groups in total. The molecule has 164 valence electrons. The molecule has 4 rings (SSSR count). The Morgan fingerprint density at radius 1 is 1.00 bits per heavy atom. The molecule has 8 nitrogen and oxygen atoms in total. The smallest absolute Gasteiger partial charge is 0.267 e. The summed E-state index contributed by atoms with van der Waals surface area (Å²) in [6, 6.07) is 12.4. The average molecular weight is 462 g/mol. The van der Waals surface area contributed by atoms with Crippen LogP contribution in [-0.2, 0) is 19.9 Å². The maximum atomic E-state index is 12.9. The second-order valence-electron chi connectivity index (χ2n) is 7.56. The van der Waals surface area contributed by atoms with E-state index in [0.29, 0.717) is 24.4 Å². The highest BCUT2D eigenvalue weighted by Crippen LogP contribution is 2.25. The molecule has 31 heavy (non-hydrogen) atoms. The summed E-state index contributed by atoms with van der Waals surface area (Å²) in [6.45, 7) is 0.962. The number of sulfonamides is 1. The lowest BCUT2D eigenvalue weighted by Crippen LogP contribution is -2.35. The summed E-state index contributed by atoms with van der Waals surface area (Å²) in [5.41, 5.74) is 3.54. The number of rotatable bonds is 4. The molecule has 0 radical (unpaired) electrons. The van der Waals surface area contributed by atoms with Crippen molar-refractivity contribution in [1.82, 2.24) is 9.73 Å². The summed E-state index contributed by atoms with van der Waals surface area (Å²) in [6.07, 6.45) is 2.85. The van der Waals surface area contributed by atoms with E-state index in [1.165, 1.54) is 34.6 Å². The number of nitrogens with zero attached hydrogens (tertiary/aromatic N) is 2. The number of hydrogen-bond donors (Lipinski definition) is 1. The maximum absolute atomic E-state index is 12.9. The van der Waals surface area contributed by atoms with E-state index in [4.69, 9.17) is 0 Å². The number of nitrogens with one attached hydrogen (secondary N) is 1. The molecule has 1 saturated heterocycles. The van der Waals surface area contributed by atoms with Gasteiger partial charge in [0.2, 0.25) is 10.0 Å². The standard InChI is InChI=1S/C21H23N3O5S2/c25-21(23-22-19-11-14-30(26,27)20-10-3-2-9-18(19)20)16-7-6-8-17(15-16)31(28,29)24-12-4-1-5-13-24/h2-3,6-10,15H,1,4-5,11-14H2,(H,23,25)/b22-19+. The van der Waals surface area contributed by atoms with E-state index in [2.05, 4.69) is 10.5 Å². The van der Waals surface area contributed by atoms with Gasteiger partial charge in [0.1, 0.15) is 0 Å². The number of carbonyl (C=O) groups excluding carboxylic acids is 1. The largest absolute Gasteiger partial charge is 0.271 e. The Labute approximate surface area is 181 Å². The van der Waals surface area contributed by atoms with E-state index in [1.807, 2.05) is 0 Å². The summed E-state index contributed by atoms with van der Waals surface area (Å²) >= 11 is 0. The lowest BCUT2D eigenvalue weighted by Gasteiger charge is -2.26. The van der Waals surface area contributed by atoms with E-state index < -0.39 is 25.8 Å². The Kier molecular flexibility index (Phi) is 5.96. The van der Waals surface area contributed by atoms with Crippen molar-refractivity contribution < 1.29 is 21.6 Å². The van der Waals surface area contributed by atoms with E-state index in [1.54, 1.807) is 18.2 Å². The molecular weight excluding hydrogens is 438 g/mol. The van der Waals surface area contributed by atoms with Crippen molar-refractivity contribution in [3.63, 3.8) is 0 Å². The quantitative estimate of drug-likeness (QED) is 0.701. The Balaban J connectivity index is 1.56. The van der Waals surface area contributed by atoms with Crippen molar-refractivity contribution in [2.45, 2.75) is 35.5 Å². The number of piperidine rings is 1. The minimum Gasteiger partial charge on any atom is -0.267 e. The Morgan fingerprint density at radius 3 is 2.52 bits per heavy atom. The lowest BCUT2D eigenvalue weighted by molar-refractivity contribution is 0.0954. The molecule has 2 aromatic rings. The molecule has 0 atom stereocenters. The van der Waals surface area contributed by atoms with Gasteiger partial charge >= 0.3 is 0 Å². The number of fused-ring (bicyclic) bond motifs is 1. The Bertz CT molecular complexity index is 1250. The van der Waals surface area contributed by atoms with Gasteiger partial charge in [-0.05, 0) is 37.1 Å². The fourth-order valence-corrected chi connectivity index (χ4v) is 6.86. The molecule has 0 unspecified atom stereocenters. The average Bonchev–Trinajstić information content (AvgIpc) is 2.79. The zero-order valence-electron chi connectivity index (χ0n) is 16.8. The molecule has 10 heteroatoms. The molecule has 2 heterocycles. The third kappa shape index (κ3) is 4.41. The first kappa shape index (κ1) is 21.7. The minimum absolute atomic E-state index is 0.0730.